The second-order valence-corrected chi connectivity index (χ2v) is 7.30. The van der Waals surface area contributed by atoms with Gasteiger partial charge in [-0.3, -0.25) is 14.6 Å². The van der Waals surface area contributed by atoms with Crippen molar-refractivity contribution >= 4 is 23.0 Å². The molecule has 4 rings (SSSR count). The highest BCUT2D eigenvalue weighted by Gasteiger charge is 2.34. The number of piperidine rings is 1. The van der Waals surface area contributed by atoms with Crippen LogP contribution >= 0.6 is 0 Å². The molecule has 0 atom stereocenters. The van der Waals surface area contributed by atoms with Gasteiger partial charge >= 0.3 is 0 Å². The van der Waals surface area contributed by atoms with Gasteiger partial charge in [0.05, 0.1) is 18.0 Å². The number of nitrogens with zero attached hydrogens (tertiary/aromatic N) is 3. The molecule has 0 unspecified atom stereocenters. The van der Waals surface area contributed by atoms with Gasteiger partial charge in [0.2, 0.25) is 0 Å². The van der Waals surface area contributed by atoms with Crippen LogP contribution in [0.2, 0.25) is 0 Å². The Morgan fingerprint density at radius 2 is 1.73 bits per heavy atom. The molecule has 1 fully saturated rings. The molecule has 0 N–H and O–H groups in total. The van der Waals surface area contributed by atoms with E-state index in [0.717, 1.165) is 30.0 Å². The molecular weight excluding hydrogens is 322 g/mol. The van der Waals surface area contributed by atoms with Crippen molar-refractivity contribution in [3.63, 3.8) is 0 Å². The maximum absolute atomic E-state index is 13.2. The Hall–Kier alpha value is -2.46. The molecule has 2 aromatic rings. The van der Waals surface area contributed by atoms with Gasteiger partial charge in [-0.05, 0) is 69.1 Å². The maximum atomic E-state index is 13.2. The molecule has 4 nitrogen and oxygen atoms in total. The average Bonchev–Trinajstić information content (AvgIpc) is 2.92. The van der Waals surface area contributed by atoms with E-state index in [-0.39, 0.29) is 5.91 Å². The van der Waals surface area contributed by atoms with E-state index in [9.17, 15) is 4.79 Å². The van der Waals surface area contributed by atoms with Crippen LogP contribution in [-0.4, -0.2) is 36.3 Å². The van der Waals surface area contributed by atoms with Gasteiger partial charge in [0.25, 0.3) is 5.91 Å². The second kappa shape index (κ2) is 7.04. The third-order valence-corrected chi connectivity index (χ3v) is 5.42. The summed E-state index contributed by atoms with van der Waals surface area (Å²) in [5.41, 5.74) is 5.74. The summed E-state index contributed by atoms with van der Waals surface area (Å²) in [5, 5.41) is 0. The van der Waals surface area contributed by atoms with E-state index < -0.39 is 0 Å². The lowest BCUT2D eigenvalue weighted by molar-refractivity contribution is -0.112. The summed E-state index contributed by atoms with van der Waals surface area (Å²) in [6, 6.07) is 14.1. The number of hydrogen-bond donors (Lipinski definition) is 0. The van der Waals surface area contributed by atoms with Gasteiger partial charge in [0.1, 0.15) is 5.71 Å². The molecule has 0 radical (unpaired) electrons. The Morgan fingerprint density at radius 1 is 0.962 bits per heavy atom. The minimum absolute atomic E-state index is 0.00926. The minimum atomic E-state index is 0.00926. The average molecular weight is 347 g/mol. The van der Waals surface area contributed by atoms with Crippen LogP contribution in [0.1, 0.15) is 36.0 Å². The number of rotatable bonds is 3. The molecule has 2 aromatic carbocycles. The van der Waals surface area contributed by atoms with Crippen LogP contribution in [0.25, 0.3) is 0 Å². The molecule has 4 heteroatoms. The number of amides is 1. The van der Waals surface area contributed by atoms with Crippen LogP contribution in [0.4, 0.5) is 11.4 Å². The predicted molar refractivity (Wildman–Crippen MR) is 106 cm³/mol. The number of hydrogen-bond acceptors (Lipinski definition) is 3. The molecule has 2 heterocycles. The Bertz CT molecular complexity index is 865. The van der Waals surface area contributed by atoms with Crippen LogP contribution < -0.4 is 4.90 Å². The highest BCUT2D eigenvalue weighted by Crippen LogP contribution is 2.31. The summed E-state index contributed by atoms with van der Waals surface area (Å²) in [5.74, 6) is 0.00926. The maximum Gasteiger partial charge on any atom is 0.278 e. The van der Waals surface area contributed by atoms with E-state index in [2.05, 4.69) is 24.8 Å². The molecule has 2 aliphatic heterocycles. The first-order valence-corrected chi connectivity index (χ1v) is 9.43. The standard InChI is InChI=1S/C22H25N3O/c1-16-10-11-18(14-17(16)2)23-21-19-8-4-5-9-20(19)25(22(21)26)15-24-12-6-3-7-13-24/h4-5,8-11,14H,3,6-7,12-13,15H2,1-2H3. The highest BCUT2D eigenvalue weighted by atomic mass is 16.2. The van der Waals surface area contributed by atoms with Crippen LogP contribution in [0.15, 0.2) is 47.5 Å². The van der Waals surface area contributed by atoms with Crippen molar-refractivity contribution in [3.05, 3.63) is 59.2 Å². The number of fused-ring (bicyclic) bond motifs is 1. The third-order valence-electron chi connectivity index (χ3n) is 5.42. The summed E-state index contributed by atoms with van der Waals surface area (Å²) >= 11 is 0. The van der Waals surface area contributed by atoms with E-state index in [1.54, 1.807) is 0 Å². The van der Waals surface area contributed by atoms with E-state index in [1.807, 2.05) is 41.3 Å². The summed E-state index contributed by atoms with van der Waals surface area (Å²) < 4.78 is 0. The Labute approximate surface area is 155 Å². The van der Waals surface area contributed by atoms with Crippen molar-refractivity contribution in [2.45, 2.75) is 33.1 Å². The quantitative estimate of drug-likeness (QED) is 0.834. The molecule has 134 valence electrons. The van der Waals surface area contributed by atoms with Gasteiger partial charge in [-0.15, -0.1) is 0 Å². The SMILES string of the molecule is Cc1ccc(N=C2C(=O)N(CN3CCCCC3)c3ccccc32)cc1C. The highest BCUT2D eigenvalue weighted by molar-refractivity contribution is 6.54. The fourth-order valence-electron chi connectivity index (χ4n) is 3.74. The lowest BCUT2D eigenvalue weighted by Gasteiger charge is -2.30. The van der Waals surface area contributed by atoms with Crippen molar-refractivity contribution in [2.75, 3.05) is 24.7 Å². The van der Waals surface area contributed by atoms with Crippen molar-refractivity contribution in [2.24, 2.45) is 4.99 Å². The largest absolute Gasteiger partial charge is 0.293 e. The molecule has 0 saturated carbocycles. The van der Waals surface area contributed by atoms with Gasteiger partial charge in [-0.1, -0.05) is 30.7 Å². The fourth-order valence-corrected chi connectivity index (χ4v) is 3.74. The molecule has 0 aliphatic carbocycles. The molecule has 0 bridgehead atoms. The first-order valence-electron chi connectivity index (χ1n) is 9.43. The topological polar surface area (TPSA) is 35.9 Å². The van der Waals surface area contributed by atoms with Crippen molar-refractivity contribution < 1.29 is 4.79 Å². The zero-order valence-electron chi connectivity index (χ0n) is 15.5. The van der Waals surface area contributed by atoms with Crippen LogP contribution in [0, 0.1) is 13.8 Å². The predicted octanol–water partition coefficient (Wildman–Crippen LogP) is 4.21. The first kappa shape index (κ1) is 17.0. The number of benzene rings is 2. The van der Waals surface area contributed by atoms with Crippen molar-refractivity contribution in [3.8, 4) is 0 Å². The molecule has 1 saturated heterocycles. The van der Waals surface area contributed by atoms with Crippen molar-refractivity contribution in [1.82, 2.24) is 4.90 Å². The Kier molecular flexibility index (Phi) is 4.60. The van der Waals surface area contributed by atoms with Gasteiger partial charge in [0, 0.05) is 5.56 Å². The number of anilines is 1. The van der Waals surface area contributed by atoms with E-state index >= 15 is 0 Å². The van der Waals surface area contributed by atoms with Crippen molar-refractivity contribution in [1.29, 1.82) is 0 Å². The monoisotopic (exact) mass is 347 g/mol. The van der Waals surface area contributed by atoms with Gasteiger partial charge in [-0.2, -0.15) is 0 Å². The number of para-hydroxylation sites is 1. The smallest absolute Gasteiger partial charge is 0.278 e. The zero-order chi connectivity index (χ0) is 18.1. The summed E-state index contributed by atoms with van der Waals surface area (Å²) in [7, 11) is 0. The van der Waals surface area contributed by atoms with Gasteiger partial charge < -0.3 is 0 Å². The summed E-state index contributed by atoms with van der Waals surface area (Å²) in [6.07, 6.45) is 3.72. The number of aryl methyl sites for hydroxylation is 2. The lowest BCUT2D eigenvalue weighted by Crippen LogP contribution is -2.43. The van der Waals surface area contributed by atoms with Gasteiger partial charge in [-0.25, -0.2) is 4.99 Å². The molecule has 1 amide bonds. The summed E-state index contributed by atoms with van der Waals surface area (Å²) in [4.78, 5) is 22.2. The van der Waals surface area contributed by atoms with E-state index in [1.165, 1.54) is 30.4 Å². The second-order valence-electron chi connectivity index (χ2n) is 7.30. The first-order chi connectivity index (χ1) is 12.6. The fraction of sp³-hybridized carbons (Fsp3) is 0.364. The molecule has 0 spiro atoms. The number of aliphatic imine (C=N–C) groups is 1. The van der Waals surface area contributed by atoms with Crippen LogP contribution in [0.3, 0.4) is 0 Å². The van der Waals surface area contributed by atoms with Crippen LogP contribution in [-0.2, 0) is 4.79 Å². The molecular formula is C22H25N3O. The minimum Gasteiger partial charge on any atom is -0.293 e. The lowest BCUT2D eigenvalue weighted by atomic mass is 10.1. The Morgan fingerprint density at radius 3 is 2.50 bits per heavy atom. The van der Waals surface area contributed by atoms with E-state index in [4.69, 9.17) is 4.99 Å². The zero-order valence-corrected chi connectivity index (χ0v) is 15.5. The van der Waals surface area contributed by atoms with Crippen LogP contribution in [0.5, 0.6) is 0 Å². The molecule has 0 aromatic heterocycles. The molecule has 2 aliphatic rings. The van der Waals surface area contributed by atoms with Gasteiger partial charge in [0.15, 0.2) is 0 Å². The molecule has 26 heavy (non-hydrogen) atoms. The summed E-state index contributed by atoms with van der Waals surface area (Å²) in [6.45, 7) is 6.95. The third kappa shape index (κ3) is 3.17. The normalized spacial score (nSPS) is 19.2. The number of likely N-dealkylation sites (tertiary alicyclic amines) is 1. The number of carbonyl (C=O) groups is 1. The number of carbonyl (C=O) groups excluding carboxylic acids is 1. The van der Waals surface area contributed by atoms with E-state index in [0.29, 0.717) is 12.4 Å². The Balaban J connectivity index is 1.68.